The Morgan fingerprint density at radius 1 is 1.17 bits per heavy atom. The molecule has 0 radical (unpaired) electrons. The summed E-state index contributed by atoms with van der Waals surface area (Å²) in [4.78, 5) is 26.0. The van der Waals surface area contributed by atoms with Crippen LogP contribution in [0.4, 0.5) is 5.69 Å². The van der Waals surface area contributed by atoms with E-state index in [2.05, 4.69) is 0 Å². The van der Waals surface area contributed by atoms with Gasteiger partial charge in [-0.1, -0.05) is 30.5 Å². The van der Waals surface area contributed by atoms with Crippen molar-refractivity contribution in [3.05, 3.63) is 29.3 Å². The number of carbonyl (C=O) groups excluding carboxylic acids is 2. The fourth-order valence-electron chi connectivity index (χ4n) is 3.11. The predicted octanol–water partition coefficient (Wildman–Crippen LogP) is 3.16. The standard InChI is InChI=1S/C14H14ClNO2/c15-10-4-3-5-11(8-10)16-12(17)9-14(13(16)18)6-1-2-7-14/h3-5,8H,1-2,6-7,9H2. The van der Waals surface area contributed by atoms with Gasteiger partial charge in [-0.25, -0.2) is 0 Å². The van der Waals surface area contributed by atoms with Crippen molar-refractivity contribution in [2.45, 2.75) is 32.1 Å². The third-order valence-electron chi connectivity index (χ3n) is 4.02. The maximum atomic E-state index is 12.5. The molecule has 1 spiro atoms. The van der Waals surface area contributed by atoms with Crippen LogP contribution in [0, 0.1) is 5.41 Å². The highest BCUT2D eigenvalue weighted by Crippen LogP contribution is 2.48. The van der Waals surface area contributed by atoms with Crippen molar-refractivity contribution < 1.29 is 9.59 Å². The fourth-order valence-corrected chi connectivity index (χ4v) is 3.30. The normalized spacial score (nSPS) is 22.2. The van der Waals surface area contributed by atoms with Crippen molar-refractivity contribution in [1.82, 2.24) is 0 Å². The molecule has 2 amide bonds. The van der Waals surface area contributed by atoms with Crippen molar-refractivity contribution in [2.24, 2.45) is 5.41 Å². The van der Waals surface area contributed by atoms with Gasteiger partial charge in [-0.2, -0.15) is 0 Å². The van der Waals surface area contributed by atoms with Gasteiger partial charge in [-0.05, 0) is 31.0 Å². The van der Waals surface area contributed by atoms with Crippen LogP contribution in [-0.2, 0) is 9.59 Å². The number of anilines is 1. The van der Waals surface area contributed by atoms with Crippen LogP contribution in [0.15, 0.2) is 24.3 Å². The zero-order chi connectivity index (χ0) is 12.8. The number of imide groups is 1. The molecule has 1 aromatic rings. The van der Waals surface area contributed by atoms with Gasteiger partial charge in [0.05, 0.1) is 11.1 Å². The Morgan fingerprint density at radius 2 is 1.89 bits per heavy atom. The van der Waals surface area contributed by atoms with Crippen molar-refractivity contribution in [3.8, 4) is 0 Å². The summed E-state index contributed by atoms with van der Waals surface area (Å²) in [5.41, 5.74) is 0.181. The second-order valence-electron chi connectivity index (χ2n) is 5.18. The fraction of sp³-hybridized carbons (Fsp3) is 0.429. The minimum absolute atomic E-state index is 0.0349. The molecular formula is C14H14ClNO2. The van der Waals surface area contributed by atoms with Gasteiger partial charge in [0.25, 0.3) is 0 Å². The summed E-state index contributed by atoms with van der Waals surface area (Å²) in [6, 6.07) is 6.93. The van der Waals surface area contributed by atoms with Crippen LogP contribution < -0.4 is 4.90 Å². The zero-order valence-electron chi connectivity index (χ0n) is 9.99. The van der Waals surface area contributed by atoms with E-state index in [1.54, 1.807) is 24.3 Å². The van der Waals surface area contributed by atoms with Gasteiger partial charge >= 0.3 is 0 Å². The average molecular weight is 264 g/mol. The molecule has 1 aromatic carbocycles. The van der Waals surface area contributed by atoms with E-state index in [-0.39, 0.29) is 11.8 Å². The Morgan fingerprint density at radius 3 is 2.56 bits per heavy atom. The number of halogens is 1. The largest absolute Gasteiger partial charge is 0.274 e. The van der Waals surface area contributed by atoms with Crippen LogP contribution in [-0.4, -0.2) is 11.8 Å². The molecule has 0 aromatic heterocycles. The Balaban J connectivity index is 1.98. The lowest BCUT2D eigenvalue weighted by Gasteiger charge is -2.20. The van der Waals surface area contributed by atoms with E-state index < -0.39 is 5.41 Å². The Hall–Kier alpha value is -1.35. The first kappa shape index (κ1) is 11.7. The number of amides is 2. The Labute approximate surface area is 111 Å². The minimum atomic E-state index is -0.417. The molecular weight excluding hydrogens is 250 g/mol. The van der Waals surface area contributed by atoms with Gasteiger partial charge in [-0.15, -0.1) is 0 Å². The molecule has 18 heavy (non-hydrogen) atoms. The van der Waals surface area contributed by atoms with Crippen LogP contribution in [0.3, 0.4) is 0 Å². The first-order valence-electron chi connectivity index (χ1n) is 6.25. The lowest BCUT2D eigenvalue weighted by molar-refractivity contribution is -0.125. The van der Waals surface area contributed by atoms with Gasteiger partial charge in [-0.3, -0.25) is 14.5 Å². The molecule has 0 N–H and O–H groups in total. The highest BCUT2D eigenvalue weighted by atomic mass is 35.5. The van der Waals surface area contributed by atoms with Crippen LogP contribution in [0.5, 0.6) is 0 Å². The van der Waals surface area contributed by atoms with E-state index in [1.807, 2.05) is 0 Å². The number of carbonyl (C=O) groups is 2. The number of benzene rings is 1. The molecule has 3 rings (SSSR count). The first-order chi connectivity index (χ1) is 8.62. The number of rotatable bonds is 1. The van der Waals surface area contributed by atoms with Crippen LogP contribution in [0.2, 0.25) is 5.02 Å². The third kappa shape index (κ3) is 1.65. The lowest BCUT2D eigenvalue weighted by atomic mass is 9.84. The summed E-state index contributed by atoms with van der Waals surface area (Å²) in [5, 5.41) is 0.542. The topological polar surface area (TPSA) is 37.4 Å². The SMILES string of the molecule is O=C1CC2(CCCC2)C(=O)N1c1cccc(Cl)c1. The molecule has 1 aliphatic carbocycles. The zero-order valence-corrected chi connectivity index (χ0v) is 10.7. The predicted molar refractivity (Wildman–Crippen MR) is 69.5 cm³/mol. The molecule has 0 atom stereocenters. The molecule has 1 aliphatic heterocycles. The second kappa shape index (κ2) is 4.09. The molecule has 1 heterocycles. The summed E-state index contributed by atoms with van der Waals surface area (Å²) in [5.74, 6) is -0.128. The number of nitrogens with zero attached hydrogens (tertiary/aromatic N) is 1. The van der Waals surface area contributed by atoms with E-state index in [9.17, 15) is 9.59 Å². The third-order valence-corrected chi connectivity index (χ3v) is 4.26. The summed E-state index contributed by atoms with van der Waals surface area (Å²) >= 11 is 5.92. The molecule has 0 unspecified atom stereocenters. The summed E-state index contributed by atoms with van der Waals surface area (Å²) in [6.07, 6.45) is 4.13. The van der Waals surface area contributed by atoms with Crippen LogP contribution >= 0.6 is 11.6 Å². The first-order valence-corrected chi connectivity index (χ1v) is 6.63. The van der Waals surface area contributed by atoms with Gasteiger partial charge < -0.3 is 0 Å². The summed E-state index contributed by atoms with van der Waals surface area (Å²) in [7, 11) is 0. The van der Waals surface area contributed by atoms with Crippen LogP contribution in [0.25, 0.3) is 0 Å². The van der Waals surface area contributed by atoms with Gasteiger partial charge in [0.2, 0.25) is 11.8 Å². The molecule has 2 fully saturated rings. The van der Waals surface area contributed by atoms with E-state index in [4.69, 9.17) is 11.6 Å². The molecule has 3 nitrogen and oxygen atoms in total. The van der Waals surface area contributed by atoms with Gasteiger partial charge in [0.1, 0.15) is 0 Å². The Bertz CT molecular complexity index is 520. The van der Waals surface area contributed by atoms with Gasteiger partial charge in [0.15, 0.2) is 0 Å². The smallest absolute Gasteiger partial charge is 0.240 e. The summed E-state index contributed by atoms with van der Waals surface area (Å²) < 4.78 is 0. The average Bonchev–Trinajstić information content (AvgIpc) is 2.87. The van der Waals surface area contributed by atoms with Crippen molar-refractivity contribution in [1.29, 1.82) is 0 Å². The Kier molecular flexibility index (Phi) is 2.67. The molecule has 2 aliphatic rings. The molecule has 1 saturated heterocycles. The molecule has 1 saturated carbocycles. The lowest BCUT2D eigenvalue weighted by Crippen LogP contribution is -2.34. The van der Waals surface area contributed by atoms with Crippen molar-refractivity contribution >= 4 is 29.1 Å². The van der Waals surface area contributed by atoms with E-state index in [1.165, 1.54) is 4.90 Å². The maximum absolute atomic E-state index is 12.5. The van der Waals surface area contributed by atoms with E-state index in [0.29, 0.717) is 17.1 Å². The number of hydrogen-bond donors (Lipinski definition) is 0. The molecule has 0 bridgehead atoms. The highest BCUT2D eigenvalue weighted by Gasteiger charge is 2.52. The maximum Gasteiger partial charge on any atom is 0.240 e. The van der Waals surface area contributed by atoms with Gasteiger partial charge in [0, 0.05) is 11.4 Å². The molecule has 4 heteroatoms. The van der Waals surface area contributed by atoms with Crippen molar-refractivity contribution in [2.75, 3.05) is 4.90 Å². The number of hydrogen-bond acceptors (Lipinski definition) is 2. The van der Waals surface area contributed by atoms with E-state index >= 15 is 0 Å². The second-order valence-corrected chi connectivity index (χ2v) is 5.61. The highest BCUT2D eigenvalue weighted by molar-refractivity contribution is 6.31. The van der Waals surface area contributed by atoms with Crippen molar-refractivity contribution in [3.63, 3.8) is 0 Å². The minimum Gasteiger partial charge on any atom is -0.274 e. The monoisotopic (exact) mass is 263 g/mol. The van der Waals surface area contributed by atoms with Crippen LogP contribution in [0.1, 0.15) is 32.1 Å². The van der Waals surface area contributed by atoms with E-state index in [0.717, 1.165) is 25.7 Å². The summed E-state index contributed by atoms with van der Waals surface area (Å²) in [6.45, 7) is 0. The quantitative estimate of drug-likeness (QED) is 0.730. The molecule has 94 valence electrons.